The van der Waals surface area contributed by atoms with Gasteiger partial charge in [-0.2, -0.15) is 8.75 Å². The van der Waals surface area contributed by atoms with Crippen LogP contribution in [0.2, 0.25) is 0 Å². The predicted octanol–water partition coefficient (Wildman–Crippen LogP) is 8.13. The smallest absolute Gasteiger partial charge is 0.115 e. The first-order valence-corrected chi connectivity index (χ1v) is 14.0. The zero-order chi connectivity index (χ0) is 22.9. The van der Waals surface area contributed by atoms with Crippen molar-refractivity contribution in [1.29, 1.82) is 0 Å². The third-order valence-electron chi connectivity index (χ3n) is 6.89. The van der Waals surface area contributed by atoms with Crippen molar-refractivity contribution in [3.05, 3.63) is 94.7 Å². The van der Waals surface area contributed by atoms with E-state index in [-0.39, 0.29) is 0 Å². The summed E-state index contributed by atoms with van der Waals surface area (Å²) in [6.45, 7) is 1.65. The second-order valence-corrected chi connectivity index (χ2v) is 11.1. The number of thiophene rings is 2. The van der Waals surface area contributed by atoms with Crippen molar-refractivity contribution in [1.82, 2.24) is 17.9 Å². The van der Waals surface area contributed by atoms with E-state index in [9.17, 15) is 0 Å². The van der Waals surface area contributed by atoms with E-state index in [0.717, 1.165) is 24.1 Å². The maximum absolute atomic E-state index is 4.85. The Kier molecular flexibility index (Phi) is 4.23. The van der Waals surface area contributed by atoms with Gasteiger partial charge in [0, 0.05) is 34.6 Å². The molecule has 168 valence electrons. The average molecular weight is 507 g/mol. The molecule has 7 heteroatoms. The van der Waals surface area contributed by atoms with Crippen LogP contribution in [0.25, 0.3) is 53.3 Å². The largest absolute Gasteiger partial charge is 0.326 e. The fourth-order valence-corrected chi connectivity index (χ4v) is 7.84. The van der Waals surface area contributed by atoms with Gasteiger partial charge < -0.3 is 9.13 Å². The molecule has 4 nitrogen and oxygen atoms in total. The van der Waals surface area contributed by atoms with Gasteiger partial charge in [-0.25, -0.2) is 0 Å². The summed E-state index contributed by atoms with van der Waals surface area (Å²) < 4.78 is 14.7. The Labute approximate surface area is 212 Å². The van der Waals surface area contributed by atoms with Crippen LogP contribution in [0.3, 0.4) is 0 Å². The summed E-state index contributed by atoms with van der Waals surface area (Å²) in [5.74, 6) is 0. The number of fused-ring (bicyclic) bond motifs is 10. The highest BCUT2D eigenvalue weighted by Gasteiger charge is 2.26. The SMILES string of the molecule is c1ccc(Cn2c3sccc3c3c4nsnc4c4c5ccsc5n(Cc5ccccc5)c4c32)cc1. The molecule has 0 aliphatic carbocycles. The highest BCUT2D eigenvalue weighted by Crippen LogP contribution is 2.46. The summed E-state index contributed by atoms with van der Waals surface area (Å²) in [6, 6.07) is 26.0. The van der Waals surface area contributed by atoms with Gasteiger partial charge in [-0.15, -0.1) is 22.7 Å². The molecule has 0 radical (unpaired) electrons. The van der Waals surface area contributed by atoms with Crippen molar-refractivity contribution in [2.75, 3.05) is 0 Å². The van der Waals surface area contributed by atoms with Crippen LogP contribution < -0.4 is 0 Å². The van der Waals surface area contributed by atoms with Gasteiger partial charge >= 0.3 is 0 Å². The van der Waals surface area contributed by atoms with Crippen LogP contribution in [0.1, 0.15) is 11.1 Å². The minimum Gasteiger partial charge on any atom is -0.326 e. The molecule has 0 amide bonds. The van der Waals surface area contributed by atoms with Crippen LogP contribution in [0, 0.1) is 0 Å². The van der Waals surface area contributed by atoms with Gasteiger partial charge in [0.05, 0.1) is 22.8 Å². The average Bonchev–Trinajstić information content (AvgIpc) is 3.70. The number of hydrogen-bond acceptors (Lipinski definition) is 5. The normalized spacial score (nSPS) is 12.2. The van der Waals surface area contributed by atoms with E-state index < -0.39 is 0 Å². The molecule has 3 aromatic carbocycles. The topological polar surface area (TPSA) is 35.6 Å². The minimum absolute atomic E-state index is 0.823. The van der Waals surface area contributed by atoms with Gasteiger partial charge in [0.15, 0.2) is 0 Å². The Bertz CT molecular complexity index is 1860. The standard InChI is InChI=1S/C28H18N4S3/c1-3-7-17(8-4-1)15-31-25-21(19-11-13-33-27(19)31)23-24(30-35-29-23)22-20-12-14-34-28(20)32(26(22)25)16-18-9-5-2-6-10-18/h1-14H,15-16H2. The first-order chi connectivity index (χ1) is 17.4. The molecule has 0 spiro atoms. The first-order valence-electron chi connectivity index (χ1n) is 11.5. The molecular formula is C28H18N4S3. The molecule has 0 N–H and O–H groups in total. The van der Waals surface area contributed by atoms with Crippen molar-refractivity contribution in [3.63, 3.8) is 0 Å². The van der Waals surface area contributed by atoms with E-state index in [1.807, 2.05) is 22.7 Å². The quantitative estimate of drug-likeness (QED) is 0.242. The summed E-state index contributed by atoms with van der Waals surface area (Å²) in [5.41, 5.74) is 7.19. The van der Waals surface area contributed by atoms with Crippen molar-refractivity contribution in [2.45, 2.75) is 13.1 Å². The lowest BCUT2D eigenvalue weighted by molar-refractivity contribution is 0.855. The van der Waals surface area contributed by atoms with Crippen LogP contribution in [0.15, 0.2) is 83.6 Å². The van der Waals surface area contributed by atoms with Gasteiger partial charge in [-0.1, -0.05) is 60.7 Å². The lowest BCUT2D eigenvalue weighted by atomic mass is 10.1. The summed E-state index contributed by atoms with van der Waals surface area (Å²) in [6.07, 6.45) is 0. The molecule has 35 heavy (non-hydrogen) atoms. The molecule has 0 aliphatic rings. The number of aromatic nitrogens is 4. The number of nitrogens with zero attached hydrogens (tertiary/aromatic N) is 4. The molecule has 8 aromatic rings. The third kappa shape index (κ3) is 2.77. The number of benzene rings is 3. The van der Waals surface area contributed by atoms with Crippen LogP contribution >= 0.6 is 34.4 Å². The van der Waals surface area contributed by atoms with Crippen LogP contribution in [-0.4, -0.2) is 17.9 Å². The molecule has 0 fully saturated rings. The highest BCUT2D eigenvalue weighted by atomic mass is 32.1. The van der Waals surface area contributed by atoms with E-state index >= 15 is 0 Å². The Morgan fingerprint density at radius 1 is 0.571 bits per heavy atom. The van der Waals surface area contributed by atoms with E-state index in [4.69, 9.17) is 8.75 Å². The first kappa shape index (κ1) is 19.8. The Morgan fingerprint density at radius 2 is 1.03 bits per heavy atom. The molecule has 0 atom stereocenters. The van der Waals surface area contributed by atoms with E-state index in [1.165, 1.54) is 65.1 Å². The maximum Gasteiger partial charge on any atom is 0.115 e. The highest BCUT2D eigenvalue weighted by molar-refractivity contribution is 7.17. The monoisotopic (exact) mass is 506 g/mol. The van der Waals surface area contributed by atoms with Gasteiger partial charge in [-0.3, -0.25) is 0 Å². The Hall–Kier alpha value is -3.52. The fraction of sp³-hybridized carbons (Fsp3) is 0.0714. The van der Waals surface area contributed by atoms with Gasteiger partial charge in [0.25, 0.3) is 0 Å². The molecule has 0 unspecified atom stereocenters. The van der Waals surface area contributed by atoms with Crippen LogP contribution in [0.5, 0.6) is 0 Å². The molecule has 5 aromatic heterocycles. The Balaban J connectivity index is 1.58. The maximum atomic E-state index is 4.85. The van der Waals surface area contributed by atoms with Crippen molar-refractivity contribution < 1.29 is 0 Å². The summed E-state index contributed by atoms with van der Waals surface area (Å²) >= 11 is 4.94. The second kappa shape index (κ2) is 7.49. The Morgan fingerprint density at radius 3 is 1.49 bits per heavy atom. The van der Waals surface area contributed by atoms with E-state index in [1.54, 1.807) is 0 Å². The zero-order valence-electron chi connectivity index (χ0n) is 18.5. The zero-order valence-corrected chi connectivity index (χ0v) is 21.0. The van der Waals surface area contributed by atoms with Gasteiger partial charge in [0.2, 0.25) is 0 Å². The van der Waals surface area contributed by atoms with E-state index in [2.05, 4.69) is 92.7 Å². The number of rotatable bonds is 4. The van der Waals surface area contributed by atoms with Gasteiger partial charge in [-0.05, 0) is 34.0 Å². The molecule has 0 saturated carbocycles. The molecule has 0 aliphatic heterocycles. The lowest BCUT2D eigenvalue weighted by Gasteiger charge is -2.12. The van der Waals surface area contributed by atoms with Crippen molar-refractivity contribution >= 4 is 87.7 Å². The molecule has 0 bridgehead atoms. The second-order valence-electron chi connectivity index (χ2n) is 8.83. The molecule has 8 rings (SSSR count). The molecule has 0 saturated heterocycles. The summed E-state index contributed by atoms with van der Waals surface area (Å²) in [4.78, 5) is 2.59. The molecule has 5 heterocycles. The van der Waals surface area contributed by atoms with Crippen LogP contribution in [-0.2, 0) is 13.1 Å². The fourth-order valence-electron chi connectivity index (χ4n) is 5.45. The summed E-state index contributed by atoms with van der Waals surface area (Å²) in [5, 5.41) is 9.40. The van der Waals surface area contributed by atoms with Crippen LogP contribution in [0.4, 0.5) is 0 Å². The van der Waals surface area contributed by atoms with Crippen molar-refractivity contribution in [3.8, 4) is 0 Å². The predicted molar refractivity (Wildman–Crippen MR) is 150 cm³/mol. The minimum atomic E-state index is 0.823. The van der Waals surface area contributed by atoms with Crippen molar-refractivity contribution in [2.24, 2.45) is 0 Å². The lowest BCUT2D eigenvalue weighted by Crippen LogP contribution is -2.03. The summed E-state index contributed by atoms with van der Waals surface area (Å²) in [7, 11) is 0. The third-order valence-corrected chi connectivity index (χ3v) is 9.29. The molecular weight excluding hydrogens is 489 g/mol. The van der Waals surface area contributed by atoms with Gasteiger partial charge in [0.1, 0.15) is 20.7 Å². The number of hydrogen-bond donors (Lipinski definition) is 0. The van der Waals surface area contributed by atoms with E-state index in [0.29, 0.717) is 0 Å².